The summed E-state index contributed by atoms with van der Waals surface area (Å²) in [6.07, 6.45) is -6.36. The SMILES string of the molecule is COc1cc([C@@H]2c3cc4c(cc3[C@@H](OC3OC5COC(C)OC5C(O)C3O)[C@H]3COC(=O)[C@H]23)OCO4)cc(CO)c1OC(=O)CCCSSN. The molecule has 5 N–H and O–H groups in total. The van der Waals surface area contributed by atoms with Crippen LogP contribution in [-0.4, -0.2) is 97.1 Å². The predicted octanol–water partition coefficient (Wildman–Crippen LogP) is 2.06. The van der Waals surface area contributed by atoms with Crippen molar-refractivity contribution in [2.45, 2.75) is 75.4 Å². The van der Waals surface area contributed by atoms with Crippen LogP contribution in [0.3, 0.4) is 0 Å². The summed E-state index contributed by atoms with van der Waals surface area (Å²) in [6.45, 7) is 1.33. The summed E-state index contributed by atoms with van der Waals surface area (Å²) in [5.41, 5.74) is 2.15. The summed E-state index contributed by atoms with van der Waals surface area (Å²) >= 11 is 0. The van der Waals surface area contributed by atoms with Gasteiger partial charge in [0, 0.05) is 29.6 Å². The average molecular weight is 738 g/mol. The minimum Gasteiger partial charge on any atom is -0.493 e. The first-order chi connectivity index (χ1) is 24.2. The highest BCUT2D eigenvalue weighted by molar-refractivity contribution is 8.75. The Morgan fingerprint density at radius 2 is 1.82 bits per heavy atom. The van der Waals surface area contributed by atoms with Gasteiger partial charge >= 0.3 is 11.9 Å². The van der Waals surface area contributed by atoms with E-state index in [2.05, 4.69) is 0 Å². The van der Waals surface area contributed by atoms with Crippen molar-refractivity contribution in [2.75, 3.05) is 32.9 Å². The summed E-state index contributed by atoms with van der Waals surface area (Å²) in [6, 6.07) is 6.92. The molecule has 272 valence electrons. The number of ether oxygens (including phenoxy) is 9. The highest BCUT2D eigenvalue weighted by Gasteiger charge is 2.56. The molecule has 2 aromatic carbocycles. The smallest absolute Gasteiger partial charge is 0.311 e. The summed E-state index contributed by atoms with van der Waals surface area (Å²) in [4.78, 5) is 26.4. The van der Waals surface area contributed by atoms with Gasteiger partial charge in [0.1, 0.15) is 24.4 Å². The van der Waals surface area contributed by atoms with Gasteiger partial charge in [0.25, 0.3) is 0 Å². The Morgan fingerprint density at radius 1 is 1.04 bits per heavy atom. The van der Waals surface area contributed by atoms with Crippen molar-refractivity contribution >= 4 is 33.7 Å². The number of nitrogens with two attached hydrogens (primary N) is 1. The minimum absolute atomic E-state index is 0.000342. The molecule has 6 unspecified atom stereocenters. The lowest BCUT2D eigenvalue weighted by Crippen LogP contribution is -2.63. The first kappa shape index (κ1) is 35.6. The molecule has 0 amide bonds. The Hall–Kier alpha value is -2.84. The van der Waals surface area contributed by atoms with Gasteiger partial charge in [0.2, 0.25) is 6.79 Å². The lowest BCUT2D eigenvalue weighted by atomic mass is 9.66. The van der Waals surface area contributed by atoms with Gasteiger partial charge in [0.05, 0.1) is 39.0 Å². The zero-order valence-electron chi connectivity index (χ0n) is 27.3. The Kier molecular flexibility index (Phi) is 10.7. The molecule has 4 heterocycles. The lowest BCUT2D eigenvalue weighted by molar-refractivity contribution is -0.364. The zero-order valence-corrected chi connectivity index (χ0v) is 28.9. The standard InChI is InChI=1S/C33H39NO14S2/c1-14-41-12-23-31(45-14)27(37)28(38)33(46-23)48-30-18-9-21-20(43-13-44-21)8-17(18)25(26-19(30)11-42-32(26)39)15-6-16(10-35)29(22(7-15)40-2)47-24(36)4-3-5-49-50-34/h6-9,14,19,23,25-28,30-31,33,35,37-38H,3-5,10-13,34H2,1-2H3/t14?,19-,23?,25+,26-,27?,28?,30+,31?,33?/m0/s1. The molecular formula is C33H39NO14S2. The van der Waals surface area contributed by atoms with Crippen molar-refractivity contribution in [3.8, 4) is 23.0 Å². The molecule has 4 aliphatic heterocycles. The van der Waals surface area contributed by atoms with Crippen LogP contribution in [0.5, 0.6) is 23.0 Å². The van der Waals surface area contributed by atoms with Crippen molar-refractivity contribution < 1.29 is 67.5 Å². The van der Waals surface area contributed by atoms with Crippen molar-refractivity contribution in [1.29, 1.82) is 0 Å². The summed E-state index contributed by atoms with van der Waals surface area (Å²) in [5, 5.41) is 38.0. The maximum atomic E-state index is 13.6. The van der Waals surface area contributed by atoms with E-state index in [9.17, 15) is 24.9 Å². The molecule has 10 atom stereocenters. The number of hydrogen-bond donors (Lipinski definition) is 4. The molecule has 0 bridgehead atoms. The number of rotatable bonds is 11. The topological polar surface area (TPSA) is 204 Å². The molecule has 3 fully saturated rings. The Morgan fingerprint density at radius 3 is 2.56 bits per heavy atom. The van der Waals surface area contributed by atoms with E-state index in [1.54, 1.807) is 31.2 Å². The first-order valence-corrected chi connectivity index (χ1v) is 18.7. The Labute approximate surface area is 295 Å². The molecule has 0 radical (unpaired) electrons. The average Bonchev–Trinajstić information content (AvgIpc) is 3.74. The second-order valence-corrected chi connectivity index (χ2v) is 14.7. The van der Waals surface area contributed by atoms with E-state index in [0.717, 1.165) is 11.0 Å². The van der Waals surface area contributed by atoms with E-state index in [4.69, 9.17) is 47.8 Å². The van der Waals surface area contributed by atoms with Crippen molar-refractivity contribution in [3.63, 3.8) is 0 Å². The number of methoxy groups -OCH3 is 1. The second kappa shape index (κ2) is 15.0. The molecule has 17 heteroatoms. The van der Waals surface area contributed by atoms with Crippen molar-refractivity contribution in [3.05, 3.63) is 46.5 Å². The Bertz CT molecular complexity index is 1570. The maximum Gasteiger partial charge on any atom is 0.311 e. The number of carbonyl (C=O) groups is 2. The van der Waals surface area contributed by atoms with Gasteiger partial charge in [0.15, 0.2) is 35.6 Å². The molecule has 0 aromatic heterocycles. The molecule has 1 aliphatic carbocycles. The van der Waals surface area contributed by atoms with Crippen LogP contribution in [0.1, 0.15) is 54.0 Å². The lowest BCUT2D eigenvalue weighted by Gasteiger charge is -2.47. The zero-order chi connectivity index (χ0) is 35.1. The van der Waals surface area contributed by atoms with Crippen LogP contribution in [-0.2, 0) is 39.9 Å². The quantitative estimate of drug-likeness (QED) is 0.0857. The number of carbonyl (C=O) groups excluding carboxylic acids is 2. The molecule has 50 heavy (non-hydrogen) atoms. The van der Waals surface area contributed by atoms with Gasteiger partial charge in [-0.15, -0.1) is 0 Å². The molecule has 7 rings (SSSR count). The van der Waals surface area contributed by atoms with Crippen LogP contribution in [0, 0.1) is 11.8 Å². The number of fused-ring (bicyclic) bond motifs is 4. The van der Waals surface area contributed by atoms with E-state index < -0.39 is 79.4 Å². The molecule has 15 nitrogen and oxygen atoms in total. The highest BCUT2D eigenvalue weighted by Crippen LogP contribution is 2.56. The van der Waals surface area contributed by atoms with Crippen LogP contribution in [0.15, 0.2) is 24.3 Å². The number of aliphatic hydroxyl groups is 3. The monoisotopic (exact) mass is 737 g/mol. The number of benzene rings is 2. The fourth-order valence-electron chi connectivity index (χ4n) is 7.38. The van der Waals surface area contributed by atoms with Gasteiger partial charge in [-0.2, -0.15) is 0 Å². The molecular weight excluding hydrogens is 698 g/mol. The van der Waals surface area contributed by atoms with E-state index in [1.807, 2.05) is 0 Å². The van der Waals surface area contributed by atoms with Crippen molar-refractivity contribution in [1.82, 2.24) is 0 Å². The second-order valence-electron chi connectivity index (χ2n) is 12.6. The third kappa shape index (κ3) is 6.64. The van der Waals surface area contributed by atoms with E-state index in [-0.39, 0.29) is 43.5 Å². The summed E-state index contributed by atoms with van der Waals surface area (Å²) in [5.74, 6) is -1.11. The first-order valence-electron chi connectivity index (χ1n) is 16.3. The van der Waals surface area contributed by atoms with Crippen molar-refractivity contribution in [2.24, 2.45) is 17.0 Å². The maximum absolute atomic E-state index is 13.6. The van der Waals surface area contributed by atoms with Gasteiger partial charge in [-0.25, -0.2) is 0 Å². The largest absolute Gasteiger partial charge is 0.493 e. The summed E-state index contributed by atoms with van der Waals surface area (Å²) in [7, 11) is 3.98. The van der Waals surface area contributed by atoms with Crippen LogP contribution < -0.4 is 24.1 Å². The molecule has 3 saturated heterocycles. The molecule has 5 aliphatic rings. The van der Waals surface area contributed by atoms with E-state index >= 15 is 0 Å². The van der Waals surface area contributed by atoms with E-state index in [0.29, 0.717) is 40.4 Å². The number of esters is 2. The Balaban J connectivity index is 1.25. The predicted molar refractivity (Wildman–Crippen MR) is 175 cm³/mol. The van der Waals surface area contributed by atoms with Gasteiger partial charge in [-0.3, -0.25) is 14.7 Å². The van der Waals surface area contributed by atoms with Crippen LogP contribution >= 0.6 is 21.8 Å². The molecule has 0 saturated carbocycles. The van der Waals surface area contributed by atoms with Gasteiger partial charge < -0.3 is 58.0 Å². The normalized spacial score (nSPS) is 32.5. The highest BCUT2D eigenvalue weighted by atomic mass is 33.1. The third-order valence-electron chi connectivity index (χ3n) is 9.68. The third-order valence-corrected chi connectivity index (χ3v) is 11.2. The van der Waals surface area contributed by atoms with Crippen LogP contribution in [0.2, 0.25) is 0 Å². The van der Waals surface area contributed by atoms with Gasteiger partial charge in [-0.1, -0.05) is 10.8 Å². The van der Waals surface area contributed by atoms with Crippen LogP contribution in [0.25, 0.3) is 0 Å². The fourth-order valence-corrected chi connectivity index (χ4v) is 8.38. The summed E-state index contributed by atoms with van der Waals surface area (Å²) < 4.78 is 52.3. The van der Waals surface area contributed by atoms with Gasteiger partial charge in [-0.05, 0) is 65.3 Å². The minimum atomic E-state index is -1.47. The molecule has 0 spiro atoms. The fraction of sp³-hybridized carbons (Fsp3) is 0.576. The molecule has 2 aromatic rings. The number of cyclic esters (lactones) is 1. The number of hydrogen-bond acceptors (Lipinski definition) is 17. The number of aliphatic hydroxyl groups excluding tert-OH is 3. The van der Waals surface area contributed by atoms with Crippen LogP contribution in [0.4, 0.5) is 0 Å². The van der Waals surface area contributed by atoms with E-state index in [1.165, 1.54) is 17.9 Å².